The molecule has 0 radical (unpaired) electrons. The Hall–Kier alpha value is -2.37. The molecule has 2 aromatic carbocycles. The topological polar surface area (TPSA) is 59.0 Å². The van der Waals surface area contributed by atoms with Gasteiger partial charge in [0.1, 0.15) is 12.4 Å². The Kier molecular flexibility index (Phi) is 5.68. The molecule has 0 unspecified atom stereocenters. The van der Waals surface area contributed by atoms with E-state index in [1.54, 1.807) is 24.1 Å². The summed E-state index contributed by atoms with van der Waals surface area (Å²) in [4.78, 5) is 14.4. The van der Waals surface area contributed by atoms with Crippen LogP contribution in [-0.4, -0.2) is 48.3 Å². The van der Waals surface area contributed by atoms with Gasteiger partial charge in [-0.15, -0.1) is 0 Å². The number of methoxy groups -OCH3 is 1. The summed E-state index contributed by atoms with van der Waals surface area (Å²) < 4.78 is 11.0. The largest absolute Gasteiger partial charge is 0.489 e. The molecule has 0 aliphatic carbocycles. The lowest BCUT2D eigenvalue weighted by Gasteiger charge is -2.22. The van der Waals surface area contributed by atoms with Crippen LogP contribution in [0.1, 0.15) is 22.3 Å². The van der Waals surface area contributed by atoms with Crippen molar-refractivity contribution in [2.24, 2.45) is 0 Å². The van der Waals surface area contributed by atoms with Gasteiger partial charge in [0.05, 0.1) is 18.8 Å². The molecule has 132 valence electrons. The van der Waals surface area contributed by atoms with Crippen LogP contribution in [0, 0.1) is 0 Å². The maximum absolute atomic E-state index is 12.7. The fraction of sp³-hybridized carbons (Fsp3) is 0.350. The third-order valence-corrected chi connectivity index (χ3v) is 4.53. The van der Waals surface area contributed by atoms with Gasteiger partial charge in [-0.25, -0.2) is 0 Å². The molecule has 1 aliphatic heterocycles. The van der Waals surface area contributed by atoms with Gasteiger partial charge < -0.3 is 19.5 Å². The predicted octanol–water partition coefficient (Wildman–Crippen LogP) is 2.49. The second kappa shape index (κ2) is 8.14. The summed E-state index contributed by atoms with van der Waals surface area (Å²) in [7, 11) is 1.63. The molecule has 0 aromatic heterocycles. The average Bonchev–Trinajstić information content (AvgIpc) is 3.10. The molecule has 5 nitrogen and oxygen atoms in total. The van der Waals surface area contributed by atoms with Gasteiger partial charge in [-0.2, -0.15) is 0 Å². The van der Waals surface area contributed by atoms with Crippen molar-refractivity contribution in [3.05, 3.63) is 65.7 Å². The van der Waals surface area contributed by atoms with E-state index in [-0.39, 0.29) is 24.7 Å². The van der Waals surface area contributed by atoms with Gasteiger partial charge >= 0.3 is 0 Å². The first-order valence-electron chi connectivity index (χ1n) is 8.42. The number of nitrogens with zero attached hydrogens (tertiary/aromatic N) is 1. The molecule has 3 rings (SSSR count). The van der Waals surface area contributed by atoms with Crippen LogP contribution in [0.2, 0.25) is 0 Å². The lowest BCUT2D eigenvalue weighted by Crippen LogP contribution is -2.38. The van der Waals surface area contributed by atoms with Crippen LogP contribution in [0.25, 0.3) is 0 Å². The minimum atomic E-state index is -0.182. The Bertz CT molecular complexity index is 687. The van der Waals surface area contributed by atoms with Crippen molar-refractivity contribution in [2.45, 2.75) is 25.2 Å². The Balaban J connectivity index is 1.62. The van der Waals surface area contributed by atoms with Crippen molar-refractivity contribution in [1.82, 2.24) is 4.90 Å². The second-order valence-electron chi connectivity index (χ2n) is 6.19. The number of hydrogen-bond acceptors (Lipinski definition) is 4. The number of rotatable bonds is 6. The van der Waals surface area contributed by atoms with Gasteiger partial charge in [0.25, 0.3) is 5.91 Å². The second-order valence-corrected chi connectivity index (χ2v) is 6.19. The Morgan fingerprint density at radius 2 is 1.88 bits per heavy atom. The third kappa shape index (κ3) is 4.18. The van der Waals surface area contributed by atoms with E-state index in [1.807, 2.05) is 42.5 Å². The van der Waals surface area contributed by atoms with Crippen LogP contribution in [0.4, 0.5) is 0 Å². The fourth-order valence-corrected chi connectivity index (χ4v) is 3.06. The zero-order chi connectivity index (χ0) is 17.6. The lowest BCUT2D eigenvalue weighted by atomic mass is 10.1. The minimum Gasteiger partial charge on any atom is -0.489 e. The van der Waals surface area contributed by atoms with Crippen LogP contribution in [0.3, 0.4) is 0 Å². The van der Waals surface area contributed by atoms with Crippen LogP contribution in [0.15, 0.2) is 54.6 Å². The molecule has 1 fully saturated rings. The van der Waals surface area contributed by atoms with Crippen molar-refractivity contribution in [1.29, 1.82) is 0 Å². The fourth-order valence-electron chi connectivity index (χ4n) is 3.06. The zero-order valence-electron chi connectivity index (χ0n) is 14.3. The summed E-state index contributed by atoms with van der Waals surface area (Å²) in [5.74, 6) is 0.741. The summed E-state index contributed by atoms with van der Waals surface area (Å²) in [6.45, 7) is 0.918. The lowest BCUT2D eigenvalue weighted by molar-refractivity contribution is 0.0648. The molecule has 1 amide bonds. The van der Waals surface area contributed by atoms with Gasteiger partial charge in [-0.05, 0) is 36.2 Å². The summed E-state index contributed by atoms with van der Waals surface area (Å²) in [6.07, 6.45) is 0.654. The number of carbonyl (C=O) groups excluding carboxylic acids is 1. The van der Waals surface area contributed by atoms with Crippen LogP contribution < -0.4 is 4.74 Å². The molecule has 2 aromatic rings. The van der Waals surface area contributed by atoms with Crippen LogP contribution in [-0.2, 0) is 11.3 Å². The average molecular weight is 341 g/mol. The number of aliphatic hydroxyl groups excluding tert-OH is 1. The van der Waals surface area contributed by atoms with E-state index in [2.05, 4.69) is 0 Å². The highest BCUT2D eigenvalue weighted by atomic mass is 16.5. The molecule has 2 atom stereocenters. The summed E-state index contributed by atoms with van der Waals surface area (Å²) >= 11 is 0. The zero-order valence-corrected chi connectivity index (χ0v) is 14.3. The van der Waals surface area contributed by atoms with Crippen molar-refractivity contribution < 1.29 is 19.4 Å². The Labute approximate surface area is 147 Å². The highest BCUT2D eigenvalue weighted by Gasteiger charge is 2.35. The van der Waals surface area contributed by atoms with Gasteiger partial charge in [0.2, 0.25) is 0 Å². The van der Waals surface area contributed by atoms with E-state index in [0.717, 1.165) is 11.3 Å². The van der Waals surface area contributed by atoms with Crippen molar-refractivity contribution in [2.75, 3.05) is 20.3 Å². The number of amides is 1. The first kappa shape index (κ1) is 17.5. The molecule has 0 saturated carbocycles. The molecule has 1 aliphatic rings. The number of likely N-dealkylation sites (tertiary alicyclic amines) is 1. The smallest absolute Gasteiger partial charge is 0.254 e. The SMILES string of the molecule is CO[C@@H]1C[C@@H](CO)N(C(=O)c2ccc(COc3ccccc3)cc2)C1. The molecule has 25 heavy (non-hydrogen) atoms. The van der Waals surface area contributed by atoms with Gasteiger partial charge in [0, 0.05) is 19.2 Å². The van der Waals surface area contributed by atoms with Gasteiger partial charge in [0.15, 0.2) is 0 Å². The normalized spacial score (nSPS) is 19.8. The first-order valence-corrected chi connectivity index (χ1v) is 8.42. The molecule has 0 bridgehead atoms. The maximum Gasteiger partial charge on any atom is 0.254 e. The molecular formula is C20H23NO4. The third-order valence-electron chi connectivity index (χ3n) is 4.53. The quantitative estimate of drug-likeness (QED) is 0.877. The van der Waals surface area contributed by atoms with E-state index in [1.165, 1.54) is 0 Å². The summed E-state index contributed by atoms with van der Waals surface area (Å²) in [5, 5.41) is 9.50. The van der Waals surface area contributed by atoms with E-state index >= 15 is 0 Å². The molecule has 1 saturated heterocycles. The Morgan fingerprint density at radius 1 is 1.16 bits per heavy atom. The predicted molar refractivity (Wildman–Crippen MR) is 94.5 cm³/mol. The van der Waals surface area contributed by atoms with E-state index < -0.39 is 0 Å². The number of aliphatic hydroxyl groups is 1. The van der Waals surface area contributed by atoms with Gasteiger partial charge in [-0.3, -0.25) is 4.79 Å². The van der Waals surface area contributed by atoms with E-state index in [4.69, 9.17) is 9.47 Å². The molecule has 1 heterocycles. The highest BCUT2D eigenvalue weighted by Crippen LogP contribution is 2.22. The maximum atomic E-state index is 12.7. The van der Waals surface area contributed by atoms with Gasteiger partial charge in [-0.1, -0.05) is 30.3 Å². The highest BCUT2D eigenvalue weighted by molar-refractivity contribution is 5.94. The number of carbonyl (C=O) groups is 1. The minimum absolute atomic E-state index is 0.0142. The van der Waals surface area contributed by atoms with E-state index in [0.29, 0.717) is 25.1 Å². The molecule has 0 spiro atoms. The molecule has 5 heteroatoms. The van der Waals surface area contributed by atoms with E-state index in [9.17, 15) is 9.90 Å². The number of para-hydroxylation sites is 1. The summed E-state index contributed by atoms with van der Waals surface area (Å²) in [6, 6.07) is 16.8. The van der Waals surface area contributed by atoms with Crippen molar-refractivity contribution >= 4 is 5.91 Å². The first-order chi connectivity index (χ1) is 12.2. The number of benzene rings is 2. The van der Waals surface area contributed by atoms with Crippen LogP contribution >= 0.6 is 0 Å². The Morgan fingerprint density at radius 3 is 2.52 bits per heavy atom. The van der Waals surface area contributed by atoms with Crippen LogP contribution in [0.5, 0.6) is 5.75 Å². The monoisotopic (exact) mass is 341 g/mol. The standard InChI is InChI=1S/C20H23NO4/c1-24-19-11-17(13-22)21(12-19)20(23)16-9-7-15(8-10-16)14-25-18-5-3-2-4-6-18/h2-10,17,19,22H,11-14H2,1H3/t17-,19+/m0/s1. The summed E-state index contributed by atoms with van der Waals surface area (Å²) in [5.41, 5.74) is 1.61. The number of hydrogen-bond donors (Lipinski definition) is 1. The van der Waals surface area contributed by atoms with Crippen molar-refractivity contribution in [3.8, 4) is 5.75 Å². The molecule has 1 N–H and O–H groups in total. The molecular weight excluding hydrogens is 318 g/mol. The van der Waals surface area contributed by atoms with Crippen molar-refractivity contribution in [3.63, 3.8) is 0 Å². The number of ether oxygens (including phenoxy) is 2.